The third-order valence-corrected chi connectivity index (χ3v) is 5.34. The molecule has 4 nitrogen and oxygen atoms in total. The fourth-order valence-electron chi connectivity index (χ4n) is 4.10. The van der Waals surface area contributed by atoms with Crippen molar-refractivity contribution in [1.29, 1.82) is 0 Å². The van der Waals surface area contributed by atoms with Gasteiger partial charge in [-0.2, -0.15) is 0 Å². The summed E-state index contributed by atoms with van der Waals surface area (Å²) in [6.45, 7) is 3.25. The van der Waals surface area contributed by atoms with Gasteiger partial charge in [-0.25, -0.2) is 0 Å². The Bertz CT molecular complexity index is 715. The zero-order valence-corrected chi connectivity index (χ0v) is 12.9. The summed E-state index contributed by atoms with van der Waals surface area (Å²) in [5, 5.41) is 4.88. The van der Waals surface area contributed by atoms with Crippen molar-refractivity contribution >= 4 is 16.9 Å². The molecule has 0 amide bonds. The number of carbonyl (C=O) groups excluding carboxylic acids is 1. The summed E-state index contributed by atoms with van der Waals surface area (Å²) in [6, 6.07) is 8.47. The molecule has 4 heteroatoms. The second-order valence-electron chi connectivity index (χ2n) is 6.43. The first-order valence-electron chi connectivity index (χ1n) is 8.26. The number of esters is 1. The molecule has 1 aliphatic heterocycles. The van der Waals surface area contributed by atoms with Crippen molar-refractivity contribution in [2.24, 2.45) is 5.41 Å². The Kier molecular flexibility index (Phi) is 3.22. The number of hydrogen-bond donors (Lipinski definition) is 2. The number of fused-ring (bicyclic) bond motifs is 3. The van der Waals surface area contributed by atoms with Gasteiger partial charge in [0.2, 0.25) is 0 Å². The maximum absolute atomic E-state index is 12.6. The first-order valence-corrected chi connectivity index (χ1v) is 8.26. The molecule has 1 fully saturated rings. The number of aromatic amines is 1. The van der Waals surface area contributed by atoms with Gasteiger partial charge >= 0.3 is 5.97 Å². The van der Waals surface area contributed by atoms with E-state index in [1.807, 2.05) is 6.92 Å². The van der Waals surface area contributed by atoms with E-state index in [1.165, 1.54) is 22.2 Å². The predicted octanol–water partition coefficient (Wildman–Crippen LogP) is 3.09. The van der Waals surface area contributed by atoms with Gasteiger partial charge < -0.3 is 15.0 Å². The van der Waals surface area contributed by atoms with Gasteiger partial charge in [-0.1, -0.05) is 24.6 Å². The third kappa shape index (κ3) is 1.83. The molecule has 22 heavy (non-hydrogen) atoms. The van der Waals surface area contributed by atoms with Crippen LogP contribution in [0.3, 0.4) is 0 Å². The van der Waals surface area contributed by atoms with Crippen LogP contribution in [0.15, 0.2) is 24.3 Å². The summed E-state index contributed by atoms with van der Waals surface area (Å²) in [5.41, 5.74) is 3.35. The van der Waals surface area contributed by atoms with Crippen LogP contribution in [0.5, 0.6) is 0 Å². The van der Waals surface area contributed by atoms with Crippen molar-refractivity contribution in [2.75, 3.05) is 13.2 Å². The molecule has 1 aromatic heterocycles. The summed E-state index contributed by atoms with van der Waals surface area (Å²) in [4.78, 5) is 16.2. The minimum atomic E-state index is -0.383. The van der Waals surface area contributed by atoms with Crippen LogP contribution in [-0.4, -0.2) is 24.1 Å². The maximum Gasteiger partial charge on any atom is 0.314 e. The molecule has 2 N–H and O–H groups in total. The summed E-state index contributed by atoms with van der Waals surface area (Å²) in [7, 11) is 0. The first-order chi connectivity index (χ1) is 10.8. The van der Waals surface area contributed by atoms with E-state index in [2.05, 4.69) is 34.6 Å². The monoisotopic (exact) mass is 298 g/mol. The number of hydrogen-bond acceptors (Lipinski definition) is 3. The lowest BCUT2D eigenvalue weighted by atomic mass is 9.62. The van der Waals surface area contributed by atoms with Gasteiger partial charge in [0.1, 0.15) is 0 Å². The summed E-state index contributed by atoms with van der Waals surface area (Å²) in [6.07, 6.45) is 3.94. The highest BCUT2D eigenvalue weighted by atomic mass is 16.5. The van der Waals surface area contributed by atoms with Crippen molar-refractivity contribution in [2.45, 2.75) is 38.6 Å². The van der Waals surface area contributed by atoms with Gasteiger partial charge in [-0.05, 0) is 44.4 Å². The van der Waals surface area contributed by atoms with Crippen molar-refractivity contribution in [3.63, 3.8) is 0 Å². The van der Waals surface area contributed by atoms with Gasteiger partial charge in [0.25, 0.3) is 0 Å². The van der Waals surface area contributed by atoms with E-state index in [4.69, 9.17) is 4.74 Å². The highest BCUT2D eigenvalue weighted by Crippen LogP contribution is 2.53. The van der Waals surface area contributed by atoms with Crippen LogP contribution in [0.1, 0.15) is 43.5 Å². The quantitative estimate of drug-likeness (QED) is 0.856. The molecule has 116 valence electrons. The van der Waals surface area contributed by atoms with Crippen LogP contribution < -0.4 is 5.32 Å². The Morgan fingerprint density at radius 1 is 1.36 bits per heavy atom. The zero-order valence-electron chi connectivity index (χ0n) is 12.9. The van der Waals surface area contributed by atoms with Crippen LogP contribution in [-0.2, 0) is 16.0 Å². The van der Waals surface area contributed by atoms with Gasteiger partial charge in [-0.15, -0.1) is 0 Å². The maximum atomic E-state index is 12.6. The molecule has 2 aromatic rings. The predicted molar refractivity (Wildman–Crippen MR) is 85.7 cm³/mol. The SMILES string of the molecule is CCOC(=O)C1(C2NCCc3c2[nH]c2ccccc32)CCC1. The van der Waals surface area contributed by atoms with E-state index in [-0.39, 0.29) is 17.4 Å². The van der Waals surface area contributed by atoms with Gasteiger partial charge in [0, 0.05) is 16.6 Å². The Morgan fingerprint density at radius 3 is 2.91 bits per heavy atom. The van der Waals surface area contributed by atoms with Crippen LogP contribution in [0, 0.1) is 5.41 Å². The van der Waals surface area contributed by atoms with E-state index >= 15 is 0 Å². The Hall–Kier alpha value is -1.81. The number of rotatable bonds is 3. The first kappa shape index (κ1) is 13.8. The Balaban J connectivity index is 1.80. The number of ether oxygens (including phenoxy) is 1. The highest BCUT2D eigenvalue weighted by Gasteiger charge is 2.53. The lowest BCUT2D eigenvalue weighted by Gasteiger charge is -2.46. The molecule has 1 atom stereocenters. The molecule has 0 bridgehead atoms. The number of aromatic nitrogens is 1. The van der Waals surface area contributed by atoms with Crippen LogP contribution in [0.2, 0.25) is 0 Å². The molecule has 0 radical (unpaired) electrons. The molecule has 0 spiro atoms. The minimum absolute atomic E-state index is 0.0368. The molecule has 1 aromatic carbocycles. The largest absolute Gasteiger partial charge is 0.466 e. The fraction of sp³-hybridized carbons (Fsp3) is 0.500. The summed E-state index contributed by atoms with van der Waals surface area (Å²) >= 11 is 0. The summed E-state index contributed by atoms with van der Waals surface area (Å²) in [5.74, 6) is -0.0368. The molecule has 4 rings (SSSR count). The van der Waals surface area contributed by atoms with Crippen LogP contribution >= 0.6 is 0 Å². The molecule has 2 heterocycles. The Labute approximate surface area is 130 Å². The van der Waals surface area contributed by atoms with E-state index in [1.54, 1.807) is 0 Å². The standard InChI is InChI=1S/C18H22N2O2/c1-2-22-17(21)18(9-5-10-18)16-15-13(8-11-19-16)12-6-3-4-7-14(12)20-15/h3-4,6-7,16,19-20H,2,5,8-11H2,1H3. The summed E-state index contributed by atoms with van der Waals surface area (Å²) < 4.78 is 5.40. The number of para-hydroxylation sites is 1. The van der Waals surface area contributed by atoms with Crippen molar-refractivity contribution < 1.29 is 9.53 Å². The number of H-pyrrole nitrogens is 1. The van der Waals surface area contributed by atoms with E-state index in [0.717, 1.165) is 32.2 Å². The molecule has 1 aliphatic carbocycles. The average molecular weight is 298 g/mol. The van der Waals surface area contributed by atoms with E-state index in [9.17, 15) is 4.79 Å². The van der Waals surface area contributed by atoms with E-state index in [0.29, 0.717) is 6.61 Å². The lowest BCUT2D eigenvalue weighted by Crippen LogP contribution is -2.51. The molecule has 0 saturated heterocycles. The van der Waals surface area contributed by atoms with Gasteiger partial charge in [-0.3, -0.25) is 4.79 Å². The molecular weight excluding hydrogens is 276 g/mol. The number of nitrogens with one attached hydrogen (secondary N) is 2. The van der Waals surface area contributed by atoms with Crippen LogP contribution in [0.4, 0.5) is 0 Å². The highest BCUT2D eigenvalue weighted by molar-refractivity contribution is 5.86. The van der Waals surface area contributed by atoms with Crippen molar-refractivity contribution in [1.82, 2.24) is 10.3 Å². The minimum Gasteiger partial charge on any atom is -0.466 e. The van der Waals surface area contributed by atoms with Crippen LogP contribution in [0.25, 0.3) is 10.9 Å². The lowest BCUT2D eigenvalue weighted by molar-refractivity contribution is -0.164. The van der Waals surface area contributed by atoms with Gasteiger partial charge in [0.05, 0.1) is 18.1 Å². The fourth-order valence-corrected chi connectivity index (χ4v) is 4.10. The van der Waals surface area contributed by atoms with Crippen molar-refractivity contribution in [3.05, 3.63) is 35.5 Å². The van der Waals surface area contributed by atoms with Crippen molar-refractivity contribution in [3.8, 4) is 0 Å². The zero-order chi connectivity index (χ0) is 15.2. The topological polar surface area (TPSA) is 54.1 Å². The molecule has 2 aliphatic rings. The second-order valence-corrected chi connectivity index (χ2v) is 6.43. The number of benzene rings is 1. The molecule has 1 saturated carbocycles. The average Bonchev–Trinajstić information content (AvgIpc) is 2.86. The van der Waals surface area contributed by atoms with Gasteiger partial charge in [0.15, 0.2) is 0 Å². The second kappa shape index (κ2) is 5.13. The smallest absolute Gasteiger partial charge is 0.314 e. The normalized spacial score (nSPS) is 22.9. The molecule has 1 unspecified atom stereocenters. The Morgan fingerprint density at radius 2 is 2.18 bits per heavy atom. The molecular formula is C18H22N2O2. The number of carbonyl (C=O) groups is 1. The third-order valence-electron chi connectivity index (χ3n) is 5.34. The van der Waals surface area contributed by atoms with E-state index < -0.39 is 0 Å².